The molecule has 0 aliphatic carbocycles. The van der Waals surface area contributed by atoms with Gasteiger partial charge in [-0.2, -0.15) is 0 Å². The van der Waals surface area contributed by atoms with E-state index in [0.717, 1.165) is 18.4 Å². The van der Waals surface area contributed by atoms with Crippen LogP contribution in [0, 0.1) is 10.1 Å². The molecule has 0 aliphatic rings. The predicted molar refractivity (Wildman–Crippen MR) is 90.8 cm³/mol. The molecule has 1 amide bonds. The summed E-state index contributed by atoms with van der Waals surface area (Å²) in [5.74, 6) is -1.00. The van der Waals surface area contributed by atoms with Crippen LogP contribution in [0.5, 0.6) is 5.75 Å². The number of nitrogens with one attached hydrogen (secondary N) is 1. The standard InChI is InChI=1S/C15H13N3O6S/c1-25(23,24)17-15(20)10-3-2-4-12(7-10)16-9-11-8-13(18(21)22)5-6-14(11)19/h2-9,19H,1H3,(H,17,20)/b16-9+. The number of hydrogen-bond acceptors (Lipinski definition) is 7. The summed E-state index contributed by atoms with van der Waals surface area (Å²) in [6, 6.07) is 9.27. The lowest BCUT2D eigenvalue weighted by Crippen LogP contribution is -2.29. The van der Waals surface area contributed by atoms with Gasteiger partial charge in [-0.05, 0) is 24.3 Å². The van der Waals surface area contributed by atoms with Gasteiger partial charge >= 0.3 is 0 Å². The predicted octanol–water partition coefficient (Wildman–Crippen LogP) is 1.74. The highest BCUT2D eigenvalue weighted by Crippen LogP contribution is 2.22. The van der Waals surface area contributed by atoms with E-state index in [4.69, 9.17) is 0 Å². The van der Waals surface area contributed by atoms with Crippen LogP contribution in [0.2, 0.25) is 0 Å². The number of carbonyl (C=O) groups is 1. The number of hydrogen-bond donors (Lipinski definition) is 2. The first kappa shape index (κ1) is 18.1. The number of rotatable bonds is 5. The van der Waals surface area contributed by atoms with Crippen LogP contribution in [0.25, 0.3) is 0 Å². The smallest absolute Gasteiger partial charge is 0.270 e. The fraction of sp³-hybridized carbons (Fsp3) is 0.0667. The summed E-state index contributed by atoms with van der Waals surface area (Å²) in [5, 5.41) is 20.5. The molecule has 130 valence electrons. The third-order valence-electron chi connectivity index (χ3n) is 2.96. The number of amides is 1. The zero-order valence-corrected chi connectivity index (χ0v) is 13.7. The van der Waals surface area contributed by atoms with Crippen molar-refractivity contribution in [3.05, 3.63) is 63.7 Å². The lowest BCUT2D eigenvalue weighted by molar-refractivity contribution is -0.384. The molecule has 25 heavy (non-hydrogen) atoms. The van der Waals surface area contributed by atoms with Gasteiger partial charge in [-0.15, -0.1) is 0 Å². The van der Waals surface area contributed by atoms with Crippen molar-refractivity contribution in [3.8, 4) is 5.75 Å². The molecule has 0 fully saturated rings. The van der Waals surface area contributed by atoms with E-state index < -0.39 is 20.9 Å². The molecule has 0 unspecified atom stereocenters. The molecule has 2 N–H and O–H groups in total. The summed E-state index contributed by atoms with van der Waals surface area (Å²) in [7, 11) is -3.69. The number of carbonyl (C=O) groups excluding carboxylic acids is 1. The van der Waals surface area contributed by atoms with E-state index in [1.54, 1.807) is 6.07 Å². The number of phenols is 1. The molecule has 2 aromatic carbocycles. The Kier molecular flexibility index (Phi) is 5.13. The Hall–Kier alpha value is -3.27. The van der Waals surface area contributed by atoms with Gasteiger partial charge in [0.25, 0.3) is 11.6 Å². The number of phenolic OH excluding ortho intramolecular Hbond substituents is 1. The maximum atomic E-state index is 11.8. The summed E-state index contributed by atoms with van der Waals surface area (Å²) < 4.78 is 24.0. The zero-order chi connectivity index (χ0) is 18.6. The number of benzene rings is 2. The van der Waals surface area contributed by atoms with E-state index in [0.29, 0.717) is 5.69 Å². The van der Waals surface area contributed by atoms with E-state index in [2.05, 4.69) is 4.99 Å². The molecule has 2 aromatic rings. The topological polar surface area (TPSA) is 139 Å². The van der Waals surface area contributed by atoms with Gasteiger partial charge < -0.3 is 5.11 Å². The van der Waals surface area contributed by atoms with Gasteiger partial charge in [-0.25, -0.2) is 13.1 Å². The van der Waals surface area contributed by atoms with Crippen molar-refractivity contribution in [2.24, 2.45) is 4.99 Å². The molecule has 10 heteroatoms. The Bertz CT molecular complexity index is 969. The zero-order valence-electron chi connectivity index (χ0n) is 12.9. The number of aromatic hydroxyl groups is 1. The van der Waals surface area contributed by atoms with Crippen LogP contribution in [0.4, 0.5) is 11.4 Å². The minimum Gasteiger partial charge on any atom is -0.507 e. The minimum absolute atomic E-state index is 0.0725. The van der Waals surface area contributed by atoms with Gasteiger partial charge in [0.1, 0.15) is 5.75 Å². The van der Waals surface area contributed by atoms with E-state index in [-0.39, 0.29) is 22.6 Å². The van der Waals surface area contributed by atoms with Crippen molar-refractivity contribution in [3.63, 3.8) is 0 Å². The summed E-state index contributed by atoms with van der Waals surface area (Å²) >= 11 is 0. The minimum atomic E-state index is -3.69. The Morgan fingerprint density at radius 2 is 2.00 bits per heavy atom. The number of sulfonamides is 1. The number of nitro benzene ring substituents is 1. The largest absolute Gasteiger partial charge is 0.507 e. The normalized spacial score (nSPS) is 11.4. The molecule has 0 atom stereocenters. The van der Waals surface area contributed by atoms with Crippen LogP contribution in [-0.2, 0) is 10.0 Å². The molecule has 0 radical (unpaired) electrons. The maximum Gasteiger partial charge on any atom is 0.270 e. The molecular weight excluding hydrogens is 350 g/mol. The third-order valence-corrected chi connectivity index (χ3v) is 3.52. The highest BCUT2D eigenvalue weighted by molar-refractivity contribution is 7.89. The highest BCUT2D eigenvalue weighted by atomic mass is 32.2. The van der Waals surface area contributed by atoms with Crippen molar-refractivity contribution in [2.45, 2.75) is 0 Å². The van der Waals surface area contributed by atoms with Crippen molar-refractivity contribution in [1.29, 1.82) is 0 Å². The number of non-ortho nitro benzene ring substituents is 1. The van der Waals surface area contributed by atoms with Gasteiger partial charge in [-0.1, -0.05) is 6.07 Å². The van der Waals surface area contributed by atoms with Gasteiger partial charge in [0, 0.05) is 29.5 Å². The SMILES string of the molecule is CS(=O)(=O)NC(=O)c1cccc(/N=C/c2cc([N+](=O)[O-])ccc2O)c1. The Labute approximate surface area is 142 Å². The first-order valence-electron chi connectivity index (χ1n) is 6.79. The maximum absolute atomic E-state index is 11.8. The van der Waals surface area contributed by atoms with Gasteiger partial charge in [0.05, 0.1) is 16.9 Å². The molecule has 0 bridgehead atoms. The summed E-state index contributed by atoms with van der Waals surface area (Å²) in [6.07, 6.45) is 2.06. The second-order valence-electron chi connectivity index (χ2n) is 5.01. The molecular formula is C15H13N3O6S. The Morgan fingerprint density at radius 3 is 2.64 bits per heavy atom. The molecule has 9 nitrogen and oxygen atoms in total. The van der Waals surface area contributed by atoms with E-state index >= 15 is 0 Å². The molecule has 2 rings (SSSR count). The fourth-order valence-corrected chi connectivity index (χ4v) is 2.31. The van der Waals surface area contributed by atoms with Crippen LogP contribution < -0.4 is 4.72 Å². The second kappa shape index (κ2) is 7.09. The molecule has 0 saturated heterocycles. The molecule has 0 spiro atoms. The first-order chi connectivity index (χ1) is 11.7. The van der Waals surface area contributed by atoms with Crippen LogP contribution in [0.15, 0.2) is 47.5 Å². The van der Waals surface area contributed by atoms with E-state index in [1.807, 2.05) is 4.72 Å². The summed E-state index contributed by atoms with van der Waals surface area (Å²) in [6.45, 7) is 0. The number of nitrogens with zero attached hydrogens (tertiary/aromatic N) is 2. The average molecular weight is 363 g/mol. The fourth-order valence-electron chi connectivity index (χ4n) is 1.86. The number of aliphatic imine (C=N–C) groups is 1. The van der Waals surface area contributed by atoms with E-state index in [1.165, 1.54) is 30.5 Å². The highest BCUT2D eigenvalue weighted by Gasteiger charge is 2.11. The van der Waals surface area contributed by atoms with Gasteiger partial charge in [0.15, 0.2) is 0 Å². The van der Waals surface area contributed by atoms with Crippen molar-refractivity contribution < 1.29 is 23.2 Å². The number of nitro groups is 1. The molecule has 0 heterocycles. The second-order valence-corrected chi connectivity index (χ2v) is 6.76. The Morgan fingerprint density at radius 1 is 1.28 bits per heavy atom. The van der Waals surface area contributed by atoms with Crippen molar-refractivity contribution in [2.75, 3.05) is 6.26 Å². The molecule has 0 aliphatic heterocycles. The summed E-state index contributed by atoms with van der Waals surface area (Å²) in [5.41, 5.74) is 0.288. The quantitative estimate of drug-likeness (QED) is 0.471. The summed E-state index contributed by atoms with van der Waals surface area (Å²) in [4.78, 5) is 26.0. The van der Waals surface area contributed by atoms with Crippen LogP contribution in [0.1, 0.15) is 15.9 Å². The Balaban J connectivity index is 2.28. The molecule has 0 saturated carbocycles. The van der Waals surface area contributed by atoms with Crippen LogP contribution >= 0.6 is 0 Å². The van der Waals surface area contributed by atoms with Gasteiger partial charge in [0.2, 0.25) is 10.0 Å². The van der Waals surface area contributed by atoms with Crippen LogP contribution in [-0.4, -0.2) is 36.8 Å². The monoisotopic (exact) mass is 363 g/mol. The van der Waals surface area contributed by atoms with Crippen molar-refractivity contribution in [1.82, 2.24) is 4.72 Å². The van der Waals surface area contributed by atoms with E-state index in [9.17, 15) is 28.4 Å². The van der Waals surface area contributed by atoms with Crippen molar-refractivity contribution >= 4 is 33.5 Å². The molecule has 0 aromatic heterocycles. The lowest BCUT2D eigenvalue weighted by atomic mass is 10.2. The van der Waals surface area contributed by atoms with Gasteiger partial charge in [-0.3, -0.25) is 19.9 Å². The van der Waals surface area contributed by atoms with Crippen LogP contribution in [0.3, 0.4) is 0 Å². The first-order valence-corrected chi connectivity index (χ1v) is 8.68. The third kappa shape index (κ3) is 5.11. The lowest BCUT2D eigenvalue weighted by Gasteiger charge is -2.03. The average Bonchev–Trinajstić information content (AvgIpc) is 2.52.